The molecule has 186 valence electrons. The second kappa shape index (κ2) is 9.57. The maximum Gasteiger partial charge on any atom is 0.300 e. The van der Waals surface area contributed by atoms with Crippen LogP contribution in [0.4, 0.5) is 14.5 Å². The van der Waals surface area contributed by atoms with E-state index in [1.165, 1.54) is 51.7 Å². The number of aromatic hydroxyl groups is 1. The van der Waals surface area contributed by atoms with E-state index in [-0.39, 0.29) is 45.4 Å². The van der Waals surface area contributed by atoms with Gasteiger partial charge in [0, 0.05) is 11.8 Å². The summed E-state index contributed by atoms with van der Waals surface area (Å²) in [5, 5.41) is 21.8. The fraction of sp³-hybridized carbons (Fsp3) is 0.154. The highest BCUT2D eigenvalue weighted by atomic mass is 19.2. The van der Waals surface area contributed by atoms with E-state index in [0.29, 0.717) is 0 Å². The molecule has 1 unspecified atom stereocenters. The van der Waals surface area contributed by atoms with Crippen LogP contribution in [-0.2, 0) is 9.59 Å². The molecule has 0 aromatic heterocycles. The Bertz CT molecular complexity index is 1380. The molecule has 3 aromatic rings. The predicted octanol–water partition coefficient (Wildman–Crippen LogP) is 4.32. The van der Waals surface area contributed by atoms with Crippen LogP contribution in [0.25, 0.3) is 5.76 Å². The Hall–Kier alpha value is -4.60. The van der Waals surface area contributed by atoms with Gasteiger partial charge in [-0.2, -0.15) is 0 Å². The van der Waals surface area contributed by atoms with Crippen LogP contribution >= 0.6 is 0 Å². The lowest BCUT2D eigenvalue weighted by atomic mass is 9.94. The Morgan fingerprint density at radius 2 is 1.50 bits per heavy atom. The molecular formula is C26H21F2NO7. The minimum absolute atomic E-state index is 0.00789. The molecule has 3 aromatic carbocycles. The molecule has 4 rings (SSSR count). The Labute approximate surface area is 204 Å². The van der Waals surface area contributed by atoms with Crippen LogP contribution in [0.3, 0.4) is 0 Å². The smallest absolute Gasteiger partial charge is 0.300 e. The number of carbonyl (C=O) groups excluding carboxylic acids is 2. The van der Waals surface area contributed by atoms with Crippen LogP contribution in [0.15, 0.2) is 60.2 Å². The lowest BCUT2D eigenvalue weighted by molar-refractivity contribution is -0.132. The van der Waals surface area contributed by atoms with Crippen LogP contribution in [0.1, 0.15) is 17.2 Å². The van der Waals surface area contributed by atoms with Gasteiger partial charge in [0.25, 0.3) is 11.7 Å². The number of Topliss-reactive ketones (excluding diaryl/α,β-unsaturated/α-hetero) is 1. The number of halogens is 2. The number of benzene rings is 3. The predicted molar refractivity (Wildman–Crippen MR) is 125 cm³/mol. The zero-order valence-corrected chi connectivity index (χ0v) is 19.4. The van der Waals surface area contributed by atoms with Gasteiger partial charge in [0.1, 0.15) is 22.8 Å². The molecule has 1 saturated heterocycles. The summed E-state index contributed by atoms with van der Waals surface area (Å²) in [7, 11) is 4.05. The standard InChI is InChI=1S/C26H21F2NO7/c1-34-18-10-7-13(11-17(18)30)23-22(24(31)21-19(35-2)5-4-6-20(21)36-3)25(32)26(33)29(23)14-8-9-15(27)16(28)12-14/h4-12,23,30-31H,1-3H3/b24-22+. The molecule has 10 heteroatoms. The normalized spacial score (nSPS) is 16.8. The number of hydrogen-bond acceptors (Lipinski definition) is 7. The molecule has 0 aliphatic carbocycles. The summed E-state index contributed by atoms with van der Waals surface area (Å²) in [6, 6.07) is 10.1. The lowest BCUT2D eigenvalue weighted by Gasteiger charge is -2.26. The maximum absolute atomic E-state index is 14.1. The van der Waals surface area contributed by atoms with E-state index in [1.54, 1.807) is 6.07 Å². The number of phenolic OH excluding ortho intramolecular Hbond substituents is 1. The van der Waals surface area contributed by atoms with Gasteiger partial charge in [-0.15, -0.1) is 0 Å². The summed E-state index contributed by atoms with van der Waals surface area (Å²) >= 11 is 0. The first-order chi connectivity index (χ1) is 17.2. The highest BCUT2D eigenvalue weighted by Crippen LogP contribution is 2.46. The van der Waals surface area contributed by atoms with Crippen molar-refractivity contribution in [1.82, 2.24) is 0 Å². The lowest BCUT2D eigenvalue weighted by Crippen LogP contribution is -2.29. The van der Waals surface area contributed by atoms with Gasteiger partial charge in [0.05, 0.1) is 32.9 Å². The van der Waals surface area contributed by atoms with E-state index in [1.807, 2.05) is 0 Å². The average molecular weight is 497 g/mol. The quantitative estimate of drug-likeness (QED) is 0.297. The topological polar surface area (TPSA) is 106 Å². The molecule has 1 fully saturated rings. The second-order valence-electron chi connectivity index (χ2n) is 7.74. The summed E-state index contributed by atoms with van der Waals surface area (Å²) in [6.07, 6.45) is 0. The minimum atomic E-state index is -1.33. The summed E-state index contributed by atoms with van der Waals surface area (Å²) in [5.74, 6) is -5.07. The number of nitrogens with zero attached hydrogens (tertiary/aromatic N) is 1. The van der Waals surface area contributed by atoms with Gasteiger partial charge in [0.2, 0.25) is 0 Å². The molecule has 1 aliphatic rings. The first-order valence-electron chi connectivity index (χ1n) is 10.6. The fourth-order valence-electron chi connectivity index (χ4n) is 4.15. The molecule has 0 spiro atoms. The van der Waals surface area contributed by atoms with Gasteiger partial charge in [-0.05, 0) is 42.0 Å². The molecule has 1 heterocycles. The number of carbonyl (C=O) groups is 2. The summed E-state index contributed by atoms with van der Waals surface area (Å²) in [5.41, 5.74) is -0.319. The van der Waals surface area contributed by atoms with Crippen LogP contribution in [0, 0.1) is 11.6 Å². The van der Waals surface area contributed by atoms with Gasteiger partial charge in [-0.3, -0.25) is 14.5 Å². The van der Waals surface area contributed by atoms with E-state index in [4.69, 9.17) is 14.2 Å². The van der Waals surface area contributed by atoms with E-state index < -0.39 is 35.1 Å². The molecule has 36 heavy (non-hydrogen) atoms. The number of ketones is 1. The van der Waals surface area contributed by atoms with Crippen LogP contribution < -0.4 is 19.1 Å². The molecule has 0 bridgehead atoms. The van der Waals surface area contributed by atoms with Crippen molar-refractivity contribution >= 4 is 23.1 Å². The van der Waals surface area contributed by atoms with Crippen LogP contribution in [0.2, 0.25) is 0 Å². The van der Waals surface area contributed by atoms with Crippen molar-refractivity contribution in [3.8, 4) is 23.0 Å². The highest BCUT2D eigenvalue weighted by molar-refractivity contribution is 6.51. The van der Waals surface area contributed by atoms with Crippen molar-refractivity contribution in [2.75, 3.05) is 26.2 Å². The third kappa shape index (κ3) is 3.96. The number of hydrogen-bond donors (Lipinski definition) is 2. The first-order valence-corrected chi connectivity index (χ1v) is 10.6. The molecule has 0 radical (unpaired) electrons. The van der Waals surface area contributed by atoms with Gasteiger partial charge in [0.15, 0.2) is 23.1 Å². The van der Waals surface area contributed by atoms with Crippen molar-refractivity contribution in [1.29, 1.82) is 0 Å². The van der Waals surface area contributed by atoms with Crippen LogP contribution in [0.5, 0.6) is 23.0 Å². The highest BCUT2D eigenvalue weighted by Gasteiger charge is 2.48. The number of ether oxygens (including phenoxy) is 3. The first kappa shape index (κ1) is 24.5. The van der Waals surface area contributed by atoms with Crippen molar-refractivity contribution in [2.24, 2.45) is 0 Å². The number of rotatable bonds is 6. The number of phenols is 1. The SMILES string of the molecule is COc1ccc(C2/C(=C(\O)c3c(OC)cccc3OC)C(=O)C(=O)N2c2ccc(F)c(F)c2)cc1O. The van der Waals surface area contributed by atoms with Gasteiger partial charge in [-0.25, -0.2) is 8.78 Å². The van der Waals surface area contributed by atoms with E-state index in [2.05, 4.69) is 0 Å². The number of amides is 1. The van der Waals surface area contributed by atoms with Gasteiger partial charge in [-0.1, -0.05) is 12.1 Å². The third-order valence-corrected chi connectivity index (χ3v) is 5.81. The summed E-state index contributed by atoms with van der Waals surface area (Å²) in [6.45, 7) is 0. The zero-order valence-electron chi connectivity index (χ0n) is 19.4. The Kier molecular flexibility index (Phi) is 6.52. The number of aliphatic hydroxyl groups is 1. The molecule has 0 saturated carbocycles. The molecule has 8 nitrogen and oxygen atoms in total. The molecule has 1 aliphatic heterocycles. The van der Waals surface area contributed by atoms with Gasteiger partial charge >= 0.3 is 0 Å². The number of anilines is 1. The zero-order chi connectivity index (χ0) is 26.1. The monoisotopic (exact) mass is 497 g/mol. The van der Waals surface area contributed by atoms with Crippen molar-refractivity contribution < 1.29 is 42.8 Å². The third-order valence-electron chi connectivity index (χ3n) is 5.81. The summed E-state index contributed by atoms with van der Waals surface area (Å²) in [4.78, 5) is 27.4. The second-order valence-corrected chi connectivity index (χ2v) is 7.74. The molecule has 1 amide bonds. The number of methoxy groups -OCH3 is 3. The Morgan fingerprint density at radius 3 is 2.06 bits per heavy atom. The average Bonchev–Trinajstić information content (AvgIpc) is 3.14. The van der Waals surface area contributed by atoms with Crippen molar-refractivity contribution in [3.63, 3.8) is 0 Å². The molecule has 1 atom stereocenters. The maximum atomic E-state index is 14.1. The van der Waals surface area contributed by atoms with Crippen molar-refractivity contribution in [3.05, 3.63) is 82.9 Å². The van der Waals surface area contributed by atoms with E-state index in [0.717, 1.165) is 23.1 Å². The summed E-state index contributed by atoms with van der Waals surface area (Å²) < 4.78 is 43.5. The van der Waals surface area contributed by atoms with E-state index >= 15 is 0 Å². The largest absolute Gasteiger partial charge is 0.506 e. The Balaban J connectivity index is 2.03. The molecular weight excluding hydrogens is 476 g/mol. The van der Waals surface area contributed by atoms with Crippen LogP contribution in [-0.4, -0.2) is 43.2 Å². The van der Waals surface area contributed by atoms with E-state index in [9.17, 15) is 28.6 Å². The molecule has 2 N–H and O–H groups in total. The fourth-order valence-corrected chi connectivity index (χ4v) is 4.15. The van der Waals surface area contributed by atoms with Gasteiger partial charge < -0.3 is 24.4 Å². The Morgan fingerprint density at radius 1 is 0.861 bits per heavy atom. The van der Waals surface area contributed by atoms with Crippen molar-refractivity contribution in [2.45, 2.75) is 6.04 Å². The number of aliphatic hydroxyl groups excluding tert-OH is 1. The minimum Gasteiger partial charge on any atom is -0.506 e.